The number of hydrogen-bond acceptors (Lipinski definition) is 1. The van der Waals surface area contributed by atoms with Crippen molar-refractivity contribution in [1.82, 2.24) is 0 Å². The summed E-state index contributed by atoms with van der Waals surface area (Å²) in [6.07, 6.45) is 0. The zero-order valence-electron chi connectivity index (χ0n) is 3.70. The molecule has 10 heavy (non-hydrogen) atoms. The largest absolute Gasteiger partial charge is 0.466 e. The first kappa shape index (κ1) is 41.8. The van der Waals surface area contributed by atoms with Crippen molar-refractivity contribution >= 4 is 53.9 Å². The van der Waals surface area contributed by atoms with Crippen molar-refractivity contribution < 1.29 is 35.7 Å². The zero-order chi connectivity index (χ0) is 4.50. The smallest absolute Gasteiger partial charge is 0.412 e. The van der Waals surface area contributed by atoms with Gasteiger partial charge >= 0.3 is 53.9 Å². The van der Waals surface area contributed by atoms with E-state index in [4.69, 9.17) is 19.2 Å². The van der Waals surface area contributed by atoms with Gasteiger partial charge in [-0.2, -0.15) is 0 Å². The highest BCUT2D eigenvalue weighted by atomic mass is 31.2. The Hall–Kier alpha value is 1.52. The van der Waals surface area contributed by atoms with Gasteiger partial charge in [-0.25, -0.2) is 4.57 Å². The van der Waals surface area contributed by atoms with Crippen LogP contribution in [0.5, 0.6) is 0 Å². The Balaban J connectivity index is -0.00000000800. The molecule has 0 aliphatic heterocycles. The topological polar surface area (TPSA) is 172 Å². The first-order chi connectivity index (χ1) is 2.00. The first-order valence-corrected chi connectivity index (χ1v) is 2.35. The molecule has 0 spiro atoms. The van der Waals surface area contributed by atoms with Crippen LogP contribution in [-0.2, 0) is 4.57 Å². The Morgan fingerprint density at radius 3 is 0.800 bits per heavy atom. The lowest BCUT2D eigenvalue weighted by Crippen LogP contribution is -1.66. The molecule has 0 aromatic heterocycles. The lowest BCUT2D eigenvalue weighted by molar-refractivity contribution is 0.275. The van der Waals surface area contributed by atoms with Gasteiger partial charge in [-0.05, 0) is 0 Å². The average molecular weight is 205 g/mol. The third-order valence-electron chi connectivity index (χ3n) is 0. The summed E-state index contributed by atoms with van der Waals surface area (Å²) in [6.45, 7) is 0. The van der Waals surface area contributed by atoms with Crippen molar-refractivity contribution in [2.75, 3.05) is 0 Å². The SMILES string of the molecule is O.O.O.O=P(O)(O)O.[MgH2].[MgH2]. The van der Waals surface area contributed by atoms with Gasteiger partial charge in [-0.1, -0.05) is 0 Å². The Morgan fingerprint density at radius 1 is 0.800 bits per heavy atom. The average Bonchev–Trinajstić information content (AvgIpc) is 0.722. The number of phosphoric acid groups is 1. The van der Waals surface area contributed by atoms with Crippen LogP contribution < -0.4 is 0 Å². The Bertz CT molecular complexity index is 57.7. The van der Waals surface area contributed by atoms with E-state index < -0.39 is 7.82 Å². The van der Waals surface area contributed by atoms with Crippen LogP contribution in [0.4, 0.5) is 0 Å². The van der Waals surface area contributed by atoms with E-state index in [1.165, 1.54) is 0 Å². The fourth-order valence-electron chi connectivity index (χ4n) is 0. The Morgan fingerprint density at radius 2 is 0.800 bits per heavy atom. The third-order valence-corrected chi connectivity index (χ3v) is 0. The highest BCUT2D eigenvalue weighted by molar-refractivity contribution is 7.45. The molecule has 0 unspecified atom stereocenters. The third kappa shape index (κ3) is 298. The van der Waals surface area contributed by atoms with Gasteiger partial charge in [0, 0.05) is 0 Å². The van der Waals surface area contributed by atoms with E-state index in [0.29, 0.717) is 0 Å². The minimum Gasteiger partial charge on any atom is -0.412 e. The van der Waals surface area contributed by atoms with Gasteiger partial charge in [0.1, 0.15) is 0 Å². The van der Waals surface area contributed by atoms with Gasteiger partial charge in [-0.15, -0.1) is 0 Å². The summed E-state index contributed by atoms with van der Waals surface area (Å²) in [4.78, 5) is 21.6. The molecule has 0 rings (SSSR count). The summed E-state index contributed by atoms with van der Waals surface area (Å²) in [5.74, 6) is 0. The van der Waals surface area contributed by atoms with Crippen molar-refractivity contribution in [1.29, 1.82) is 0 Å². The first-order valence-electron chi connectivity index (χ1n) is 0.783. The fraction of sp³-hybridized carbons (Fsp3) is 0. The van der Waals surface area contributed by atoms with Crippen LogP contribution in [0.25, 0.3) is 0 Å². The Kier molecular flexibility index (Phi) is 70.5. The molecular weight excluding hydrogens is 192 g/mol. The van der Waals surface area contributed by atoms with Crippen LogP contribution in [0, 0.1) is 0 Å². The molecule has 9 N–H and O–H groups in total. The molecule has 0 aliphatic rings. The highest BCUT2D eigenvalue weighted by Gasteiger charge is 2.00. The van der Waals surface area contributed by atoms with E-state index >= 15 is 0 Å². The van der Waals surface area contributed by atoms with E-state index in [-0.39, 0.29) is 62.5 Å². The normalized spacial score (nSPS) is 5.90. The van der Waals surface area contributed by atoms with E-state index in [1.54, 1.807) is 0 Å². The summed E-state index contributed by atoms with van der Waals surface area (Å²) < 4.78 is 8.88. The van der Waals surface area contributed by atoms with Gasteiger partial charge in [0.2, 0.25) is 0 Å². The van der Waals surface area contributed by atoms with Crippen LogP contribution in [0.2, 0.25) is 0 Å². The molecule has 0 radical (unpaired) electrons. The van der Waals surface area contributed by atoms with Gasteiger partial charge < -0.3 is 31.1 Å². The number of hydrogen-bond donors (Lipinski definition) is 3. The zero-order valence-corrected chi connectivity index (χ0v) is 4.59. The van der Waals surface area contributed by atoms with Crippen molar-refractivity contribution in [2.45, 2.75) is 0 Å². The minimum atomic E-state index is -4.64. The molecular formula is H13Mg2O7P. The second kappa shape index (κ2) is 16.9. The van der Waals surface area contributed by atoms with Crippen molar-refractivity contribution in [2.24, 2.45) is 0 Å². The molecule has 0 amide bonds. The molecule has 10 heteroatoms. The molecule has 7 nitrogen and oxygen atoms in total. The van der Waals surface area contributed by atoms with Crippen molar-refractivity contribution in [3.63, 3.8) is 0 Å². The summed E-state index contributed by atoms with van der Waals surface area (Å²) in [6, 6.07) is 0. The predicted octanol–water partition coefficient (Wildman–Crippen LogP) is -5.24. The molecule has 0 heterocycles. The maximum atomic E-state index is 8.88. The quantitative estimate of drug-likeness (QED) is 0.264. The van der Waals surface area contributed by atoms with Crippen molar-refractivity contribution in [3.05, 3.63) is 0 Å². The molecule has 0 atom stereocenters. The maximum Gasteiger partial charge on any atom is 0.466 e. The summed E-state index contributed by atoms with van der Waals surface area (Å²) in [7, 11) is -4.64. The molecule has 0 aliphatic carbocycles. The molecule has 0 aromatic rings. The highest BCUT2D eigenvalue weighted by Crippen LogP contribution is 2.25. The molecule has 0 fully saturated rings. The van der Waals surface area contributed by atoms with E-state index in [1.807, 2.05) is 0 Å². The fourth-order valence-corrected chi connectivity index (χ4v) is 0. The van der Waals surface area contributed by atoms with Crippen LogP contribution in [0.1, 0.15) is 0 Å². The maximum absolute atomic E-state index is 8.88. The van der Waals surface area contributed by atoms with E-state index in [0.717, 1.165) is 0 Å². The molecule has 0 saturated heterocycles. The molecule has 0 bridgehead atoms. The second-order valence-corrected chi connectivity index (χ2v) is 1.54. The molecule has 0 aromatic carbocycles. The van der Waals surface area contributed by atoms with Gasteiger partial charge in [0.05, 0.1) is 0 Å². The van der Waals surface area contributed by atoms with Crippen LogP contribution in [0.3, 0.4) is 0 Å². The summed E-state index contributed by atoms with van der Waals surface area (Å²) in [5.41, 5.74) is 0. The van der Waals surface area contributed by atoms with Gasteiger partial charge in [-0.3, -0.25) is 0 Å². The number of rotatable bonds is 0. The lowest BCUT2D eigenvalue weighted by Gasteiger charge is -1.82. The Labute approximate surface area is 89.3 Å². The second-order valence-electron chi connectivity index (χ2n) is 0.513. The van der Waals surface area contributed by atoms with Crippen LogP contribution in [-0.4, -0.2) is 77.2 Å². The molecule has 64 valence electrons. The lowest BCUT2D eigenvalue weighted by atomic mass is 15.8. The van der Waals surface area contributed by atoms with Crippen molar-refractivity contribution in [3.8, 4) is 0 Å². The minimum absolute atomic E-state index is 0. The van der Waals surface area contributed by atoms with E-state index in [2.05, 4.69) is 0 Å². The van der Waals surface area contributed by atoms with Gasteiger partial charge in [0.25, 0.3) is 0 Å². The predicted molar refractivity (Wildman–Crippen MR) is 42.2 cm³/mol. The standard InChI is InChI=1S/2Mg.H3O4P.3H2O.4H/c;;1-5(2,3)4;;;;;;;/h;;(H3,1,2,3,4);3*1H2;;;;. The monoisotopic (exact) mass is 204 g/mol. The van der Waals surface area contributed by atoms with Crippen LogP contribution >= 0.6 is 7.82 Å². The summed E-state index contributed by atoms with van der Waals surface area (Å²) >= 11 is 0. The van der Waals surface area contributed by atoms with E-state index in [9.17, 15) is 0 Å². The summed E-state index contributed by atoms with van der Waals surface area (Å²) in [5, 5.41) is 0. The van der Waals surface area contributed by atoms with Gasteiger partial charge in [0.15, 0.2) is 0 Å². The molecule has 0 saturated carbocycles. The van der Waals surface area contributed by atoms with Crippen LogP contribution in [0.15, 0.2) is 0 Å².